The van der Waals surface area contributed by atoms with Crippen LogP contribution in [0.2, 0.25) is 0 Å². The molecule has 0 heterocycles. The van der Waals surface area contributed by atoms with E-state index in [4.69, 9.17) is 9.47 Å². The maximum atomic E-state index is 12.2. The lowest BCUT2D eigenvalue weighted by Gasteiger charge is -2.26. The minimum Gasteiger partial charge on any atom is -0.474 e. The molecule has 128 valence electrons. The molecule has 0 aliphatic rings. The number of carbonyl (C=O) groups is 1. The first-order valence-electron chi connectivity index (χ1n) is 7.85. The highest BCUT2D eigenvalue weighted by molar-refractivity contribution is 9.08. The van der Waals surface area contributed by atoms with Gasteiger partial charge in [-0.3, -0.25) is 0 Å². The van der Waals surface area contributed by atoms with Gasteiger partial charge < -0.3 is 9.47 Å². The van der Waals surface area contributed by atoms with E-state index in [1.165, 1.54) is 12.7 Å². The zero-order valence-electron chi connectivity index (χ0n) is 14.5. The predicted octanol–water partition coefficient (Wildman–Crippen LogP) is 5.17. The summed E-state index contributed by atoms with van der Waals surface area (Å²) in [5.41, 5.74) is 2.89. The van der Waals surface area contributed by atoms with E-state index in [0.29, 0.717) is 5.75 Å². The summed E-state index contributed by atoms with van der Waals surface area (Å²) in [7, 11) is 1.38. The first kappa shape index (κ1) is 18.5. The highest BCUT2D eigenvalue weighted by atomic mass is 79.9. The third-order valence-electron chi connectivity index (χ3n) is 3.77. The van der Waals surface area contributed by atoms with E-state index >= 15 is 0 Å². The average molecular weight is 391 g/mol. The standard InChI is InChI=1S/C20H23BrO3/c1-20(2,3)16-12-14(13-21)10-11-17(16)24-18(19(22)23-4)15-8-6-5-7-9-15/h5-12,18H,13H2,1-4H3. The fourth-order valence-electron chi connectivity index (χ4n) is 2.46. The van der Waals surface area contributed by atoms with Gasteiger partial charge in [0, 0.05) is 10.9 Å². The molecule has 0 N–H and O–H groups in total. The Kier molecular flexibility index (Phi) is 6.05. The second-order valence-electron chi connectivity index (χ2n) is 6.65. The summed E-state index contributed by atoms with van der Waals surface area (Å²) in [5.74, 6) is 0.289. The van der Waals surface area contributed by atoms with Crippen LogP contribution >= 0.6 is 15.9 Å². The third-order valence-corrected chi connectivity index (χ3v) is 4.42. The Hall–Kier alpha value is -1.81. The summed E-state index contributed by atoms with van der Waals surface area (Å²) in [6.45, 7) is 6.38. The summed E-state index contributed by atoms with van der Waals surface area (Å²) in [6.07, 6.45) is -0.785. The van der Waals surface area contributed by atoms with Crippen molar-refractivity contribution in [3.63, 3.8) is 0 Å². The Morgan fingerprint density at radius 2 is 1.79 bits per heavy atom. The molecule has 3 nitrogen and oxygen atoms in total. The van der Waals surface area contributed by atoms with Gasteiger partial charge in [-0.2, -0.15) is 0 Å². The average Bonchev–Trinajstić information content (AvgIpc) is 2.59. The van der Waals surface area contributed by atoms with Gasteiger partial charge in [-0.25, -0.2) is 4.79 Å². The number of hydrogen-bond acceptors (Lipinski definition) is 3. The Morgan fingerprint density at radius 1 is 1.12 bits per heavy atom. The van der Waals surface area contributed by atoms with E-state index < -0.39 is 12.1 Å². The van der Waals surface area contributed by atoms with Crippen LogP contribution in [0.4, 0.5) is 0 Å². The van der Waals surface area contributed by atoms with Gasteiger partial charge in [-0.15, -0.1) is 0 Å². The van der Waals surface area contributed by atoms with E-state index in [2.05, 4.69) is 42.8 Å². The maximum absolute atomic E-state index is 12.2. The van der Waals surface area contributed by atoms with Crippen molar-refractivity contribution in [1.82, 2.24) is 0 Å². The summed E-state index contributed by atoms with van der Waals surface area (Å²) in [5, 5.41) is 0.773. The van der Waals surface area contributed by atoms with Gasteiger partial charge in [0.2, 0.25) is 6.10 Å². The normalized spacial score (nSPS) is 12.5. The third kappa shape index (κ3) is 4.38. The van der Waals surface area contributed by atoms with E-state index in [-0.39, 0.29) is 5.41 Å². The smallest absolute Gasteiger partial charge is 0.351 e. The molecule has 0 radical (unpaired) electrons. The molecule has 2 rings (SSSR count). The topological polar surface area (TPSA) is 35.5 Å². The van der Waals surface area contributed by atoms with Crippen molar-refractivity contribution in [2.24, 2.45) is 0 Å². The molecule has 24 heavy (non-hydrogen) atoms. The number of esters is 1. The monoisotopic (exact) mass is 390 g/mol. The van der Waals surface area contributed by atoms with Crippen LogP contribution in [0, 0.1) is 0 Å². The number of methoxy groups -OCH3 is 1. The number of rotatable bonds is 5. The summed E-state index contributed by atoms with van der Waals surface area (Å²) in [6, 6.07) is 15.4. The van der Waals surface area contributed by atoms with Crippen molar-refractivity contribution in [2.45, 2.75) is 37.6 Å². The minimum absolute atomic E-state index is 0.106. The van der Waals surface area contributed by atoms with Crippen molar-refractivity contribution >= 4 is 21.9 Å². The minimum atomic E-state index is -0.785. The fraction of sp³-hybridized carbons (Fsp3) is 0.350. The van der Waals surface area contributed by atoms with Crippen LogP contribution in [0.15, 0.2) is 48.5 Å². The zero-order chi connectivity index (χ0) is 17.7. The van der Waals surface area contributed by atoms with Gasteiger partial charge in [0.15, 0.2) is 0 Å². The van der Waals surface area contributed by atoms with Crippen molar-refractivity contribution in [1.29, 1.82) is 0 Å². The molecule has 0 aliphatic carbocycles. The van der Waals surface area contributed by atoms with Gasteiger partial charge in [0.05, 0.1) is 7.11 Å². The molecule has 4 heteroatoms. The van der Waals surface area contributed by atoms with Crippen molar-refractivity contribution < 1.29 is 14.3 Å². The van der Waals surface area contributed by atoms with Crippen LogP contribution in [-0.2, 0) is 20.3 Å². The first-order chi connectivity index (χ1) is 11.4. The molecule has 1 atom stereocenters. The Morgan fingerprint density at radius 3 is 2.33 bits per heavy atom. The fourth-order valence-corrected chi connectivity index (χ4v) is 2.81. The maximum Gasteiger partial charge on any atom is 0.351 e. The van der Waals surface area contributed by atoms with E-state index in [1.807, 2.05) is 42.5 Å². The molecular formula is C20H23BrO3. The second kappa shape index (κ2) is 7.84. The van der Waals surface area contributed by atoms with Gasteiger partial charge >= 0.3 is 5.97 Å². The van der Waals surface area contributed by atoms with Crippen molar-refractivity contribution in [3.8, 4) is 5.75 Å². The van der Waals surface area contributed by atoms with Crippen molar-refractivity contribution in [3.05, 3.63) is 65.2 Å². The van der Waals surface area contributed by atoms with Crippen LogP contribution < -0.4 is 4.74 Å². The molecule has 0 saturated heterocycles. The quantitative estimate of drug-likeness (QED) is 0.521. The molecule has 0 amide bonds. The van der Waals surface area contributed by atoms with Crippen LogP contribution in [0.25, 0.3) is 0 Å². The second-order valence-corrected chi connectivity index (χ2v) is 7.21. The molecule has 0 aromatic heterocycles. The number of ether oxygens (including phenoxy) is 2. The molecule has 0 spiro atoms. The van der Waals surface area contributed by atoms with Gasteiger partial charge in [0.25, 0.3) is 0 Å². The van der Waals surface area contributed by atoms with E-state index in [0.717, 1.165) is 16.5 Å². The summed E-state index contributed by atoms with van der Waals surface area (Å²) in [4.78, 5) is 12.2. The number of hydrogen-bond donors (Lipinski definition) is 0. The predicted molar refractivity (Wildman–Crippen MR) is 99.6 cm³/mol. The van der Waals surface area contributed by atoms with Crippen LogP contribution in [0.5, 0.6) is 5.75 Å². The van der Waals surface area contributed by atoms with Crippen LogP contribution in [0.3, 0.4) is 0 Å². The van der Waals surface area contributed by atoms with Gasteiger partial charge in [-0.05, 0) is 22.6 Å². The zero-order valence-corrected chi connectivity index (χ0v) is 16.1. The van der Waals surface area contributed by atoms with Gasteiger partial charge in [-0.1, -0.05) is 79.2 Å². The number of alkyl halides is 1. The molecule has 2 aromatic rings. The summed E-state index contributed by atoms with van der Waals surface area (Å²) >= 11 is 3.49. The van der Waals surface area contributed by atoms with Crippen molar-refractivity contribution in [2.75, 3.05) is 7.11 Å². The SMILES string of the molecule is COC(=O)C(Oc1ccc(CBr)cc1C(C)(C)C)c1ccccc1. The first-order valence-corrected chi connectivity index (χ1v) is 8.97. The highest BCUT2D eigenvalue weighted by Crippen LogP contribution is 2.35. The largest absolute Gasteiger partial charge is 0.474 e. The van der Waals surface area contributed by atoms with E-state index in [1.54, 1.807) is 0 Å². The molecule has 0 saturated carbocycles. The number of halogens is 1. The number of carbonyl (C=O) groups excluding carboxylic acids is 1. The summed E-state index contributed by atoms with van der Waals surface area (Å²) < 4.78 is 11.1. The Balaban J connectivity index is 2.44. The molecule has 0 bridgehead atoms. The number of benzene rings is 2. The highest BCUT2D eigenvalue weighted by Gasteiger charge is 2.27. The molecule has 0 fully saturated rings. The van der Waals surface area contributed by atoms with E-state index in [9.17, 15) is 4.79 Å². The Labute approximate surface area is 152 Å². The lowest BCUT2D eigenvalue weighted by atomic mass is 9.85. The van der Waals surface area contributed by atoms with Crippen LogP contribution in [-0.4, -0.2) is 13.1 Å². The lowest BCUT2D eigenvalue weighted by Crippen LogP contribution is -2.22. The molecule has 2 aromatic carbocycles. The molecule has 0 aliphatic heterocycles. The molecular weight excluding hydrogens is 368 g/mol. The Bertz CT molecular complexity index is 690. The molecule has 1 unspecified atom stereocenters. The lowest BCUT2D eigenvalue weighted by molar-refractivity contribution is -0.149. The van der Waals surface area contributed by atoms with Crippen LogP contribution in [0.1, 0.15) is 43.6 Å². The van der Waals surface area contributed by atoms with Gasteiger partial charge in [0.1, 0.15) is 5.75 Å².